The fourth-order valence-electron chi connectivity index (χ4n) is 2.96. The molecule has 128 valence electrons. The summed E-state index contributed by atoms with van der Waals surface area (Å²) >= 11 is 0. The Morgan fingerprint density at radius 2 is 1.96 bits per heavy atom. The van der Waals surface area contributed by atoms with Crippen molar-refractivity contribution in [3.05, 3.63) is 23.8 Å². The molecule has 1 heterocycles. The summed E-state index contributed by atoms with van der Waals surface area (Å²) < 4.78 is 15.9. The van der Waals surface area contributed by atoms with Crippen LogP contribution in [0.15, 0.2) is 18.2 Å². The van der Waals surface area contributed by atoms with Gasteiger partial charge in [-0.15, -0.1) is 0 Å². The molecule has 1 amide bonds. The number of carbonyl (C=O) groups excluding carboxylic acids is 1. The zero-order valence-corrected chi connectivity index (χ0v) is 14.3. The van der Waals surface area contributed by atoms with Gasteiger partial charge in [0, 0.05) is 25.7 Å². The van der Waals surface area contributed by atoms with Crippen molar-refractivity contribution in [1.29, 1.82) is 0 Å². The van der Waals surface area contributed by atoms with E-state index in [9.17, 15) is 4.79 Å². The van der Waals surface area contributed by atoms with Crippen molar-refractivity contribution in [3.63, 3.8) is 0 Å². The highest BCUT2D eigenvalue weighted by atomic mass is 16.5. The van der Waals surface area contributed by atoms with E-state index in [1.165, 1.54) is 0 Å². The van der Waals surface area contributed by atoms with E-state index in [-0.39, 0.29) is 11.8 Å². The first-order chi connectivity index (χ1) is 11.2. The molecule has 1 aromatic carbocycles. The van der Waals surface area contributed by atoms with E-state index in [0.29, 0.717) is 24.0 Å². The van der Waals surface area contributed by atoms with Crippen LogP contribution < -0.4 is 14.8 Å². The van der Waals surface area contributed by atoms with Crippen molar-refractivity contribution in [2.24, 2.45) is 11.8 Å². The minimum Gasteiger partial charge on any atom is -0.493 e. The Kier molecular flexibility index (Phi) is 6.71. The molecule has 1 aliphatic heterocycles. The Balaban J connectivity index is 1.80. The molecule has 5 heteroatoms. The highest BCUT2D eigenvalue weighted by Crippen LogP contribution is 2.27. The van der Waals surface area contributed by atoms with Gasteiger partial charge in [-0.1, -0.05) is 13.0 Å². The first-order valence-electron chi connectivity index (χ1n) is 8.22. The summed E-state index contributed by atoms with van der Waals surface area (Å²) in [6.07, 6.45) is 2.72. The summed E-state index contributed by atoms with van der Waals surface area (Å²) in [7, 11) is 3.24. The molecular formula is C18H27NO4. The molecule has 1 unspecified atom stereocenters. The van der Waals surface area contributed by atoms with Gasteiger partial charge in [-0.05, 0) is 42.9 Å². The van der Waals surface area contributed by atoms with E-state index in [0.717, 1.165) is 38.0 Å². The van der Waals surface area contributed by atoms with Crippen LogP contribution in [0.3, 0.4) is 0 Å². The molecule has 1 aliphatic rings. The molecule has 0 bridgehead atoms. The smallest absolute Gasteiger partial charge is 0.223 e. The second-order valence-electron chi connectivity index (χ2n) is 5.97. The van der Waals surface area contributed by atoms with Crippen molar-refractivity contribution in [3.8, 4) is 11.5 Å². The summed E-state index contributed by atoms with van der Waals surface area (Å²) in [6.45, 7) is 4.19. The van der Waals surface area contributed by atoms with E-state index >= 15 is 0 Å². The van der Waals surface area contributed by atoms with Crippen molar-refractivity contribution >= 4 is 5.91 Å². The second-order valence-corrected chi connectivity index (χ2v) is 5.97. The van der Waals surface area contributed by atoms with Crippen molar-refractivity contribution in [2.45, 2.75) is 26.2 Å². The zero-order valence-electron chi connectivity index (χ0n) is 14.3. The van der Waals surface area contributed by atoms with Crippen LogP contribution in [0.25, 0.3) is 0 Å². The standard InChI is InChI=1S/C18H27NO4/c1-13(15-7-10-23-11-8-15)18(20)19-9-6-14-4-5-16(21-2)17(12-14)22-3/h4-5,12-13,15H,6-11H2,1-3H3,(H,19,20). The van der Waals surface area contributed by atoms with Crippen LogP contribution in [0.5, 0.6) is 11.5 Å². The predicted molar refractivity (Wildman–Crippen MR) is 89.0 cm³/mol. The van der Waals surface area contributed by atoms with Crippen LogP contribution in [-0.2, 0) is 16.0 Å². The minimum atomic E-state index is 0.0457. The first kappa shape index (κ1) is 17.6. The number of amides is 1. The van der Waals surface area contributed by atoms with Gasteiger partial charge in [0.15, 0.2) is 11.5 Å². The van der Waals surface area contributed by atoms with Crippen LogP contribution in [0.4, 0.5) is 0 Å². The van der Waals surface area contributed by atoms with Gasteiger partial charge < -0.3 is 19.5 Å². The number of rotatable bonds is 7. The third kappa shape index (κ3) is 4.86. The molecule has 1 fully saturated rings. The molecule has 5 nitrogen and oxygen atoms in total. The summed E-state index contributed by atoms with van der Waals surface area (Å²) in [5.74, 6) is 2.05. The lowest BCUT2D eigenvalue weighted by Crippen LogP contribution is -2.36. The number of carbonyl (C=O) groups is 1. The lowest BCUT2D eigenvalue weighted by molar-refractivity contribution is -0.127. The lowest BCUT2D eigenvalue weighted by atomic mass is 9.87. The van der Waals surface area contributed by atoms with Gasteiger partial charge in [-0.2, -0.15) is 0 Å². The molecule has 23 heavy (non-hydrogen) atoms. The molecule has 0 saturated carbocycles. The van der Waals surface area contributed by atoms with Crippen LogP contribution in [-0.4, -0.2) is 39.9 Å². The largest absolute Gasteiger partial charge is 0.493 e. The van der Waals surface area contributed by atoms with Crippen LogP contribution in [0, 0.1) is 11.8 Å². The fraction of sp³-hybridized carbons (Fsp3) is 0.611. The molecular weight excluding hydrogens is 294 g/mol. The maximum atomic E-state index is 12.3. The summed E-state index contributed by atoms with van der Waals surface area (Å²) in [5, 5.41) is 3.04. The number of hydrogen-bond acceptors (Lipinski definition) is 4. The second kappa shape index (κ2) is 8.77. The molecule has 0 radical (unpaired) electrons. The zero-order chi connectivity index (χ0) is 16.7. The van der Waals surface area contributed by atoms with E-state index in [1.807, 2.05) is 25.1 Å². The van der Waals surface area contributed by atoms with Gasteiger partial charge in [0.2, 0.25) is 5.91 Å². The summed E-state index contributed by atoms with van der Waals surface area (Å²) in [4.78, 5) is 12.3. The van der Waals surface area contributed by atoms with E-state index in [1.54, 1.807) is 14.2 Å². The molecule has 0 aliphatic carbocycles. The van der Waals surface area contributed by atoms with Gasteiger partial charge in [0.25, 0.3) is 0 Å². The average molecular weight is 321 g/mol. The van der Waals surface area contributed by atoms with E-state index < -0.39 is 0 Å². The number of ether oxygens (including phenoxy) is 3. The number of nitrogens with one attached hydrogen (secondary N) is 1. The lowest BCUT2D eigenvalue weighted by Gasteiger charge is -2.26. The van der Waals surface area contributed by atoms with Crippen LogP contribution >= 0.6 is 0 Å². The number of hydrogen-bond donors (Lipinski definition) is 1. The van der Waals surface area contributed by atoms with Crippen molar-refractivity contribution in [2.75, 3.05) is 34.0 Å². The Morgan fingerprint density at radius 3 is 2.61 bits per heavy atom. The van der Waals surface area contributed by atoms with Crippen molar-refractivity contribution in [1.82, 2.24) is 5.32 Å². The normalized spacial score (nSPS) is 16.7. The fourth-order valence-corrected chi connectivity index (χ4v) is 2.96. The van der Waals surface area contributed by atoms with Gasteiger partial charge in [-0.25, -0.2) is 0 Å². The van der Waals surface area contributed by atoms with Gasteiger partial charge in [0.1, 0.15) is 0 Å². The molecule has 1 saturated heterocycles. The maximum absolute atomic E-state index is 12.3. The van der Waals surface area contributed by atoms with Gasteiger partial charge >= 0.3 is 0 Å². The monoisotopic (exact) mass is 321 g/mol. The van der Waals surface area contributed by atoms with Crippen LogP contribution in [0.1, 0.15) is 25.3 Å². The van der Waals surface area contributed by atoms with E-state index in [4.69, 9.17) is 14.2 Å². The SMILES string of the molecule is COc1ccc(CCNC(=O)C(C)C2CCOCC2)cc1OC. The Hall–Kier alpha value is -1.75. The number of benzene rings is 1. The quantitative estimate of drug-likeness (QED) is 0.838. The third-order valence-electron chi connectivity index (χ3n) is 4.55. The minimum absolute atomic E-state index is 0.0457. The third-order valence-corrected chi connectivity index (χ3v) is 4.55. The van der Waals surface area contributed by atoms with E-state index in [2.05, 4.69) is 5.32 Å². The first-order valence-corrected chi connectivity index (χ1v) is 8.22. The summed E-state index contributed by atoms with van der Waals surface area (Å²) in [5.41, 5.74) is 1.11. The molecule has 1 N–H and O–H groups in total. The Morgan fingerprint density at radius 1 is 1.26 bits per heavy atom. The number of methoxy groups -OCH3 is 2. The average Bonchev–Trinajstić information content (AvgIpc) is 2.61. The summed E-state index contributed by atoms with van der Waals surface area (Å²) in [6, 6.07) is 5.84. The molecule has 1 aromatic rings. The topological polar surface area (TPSA) is 56.8 Å². The Bertz CT molecular complexity index is 512. The van der Waals surface area contributed by atoms with Crippen LogP contribution in [0.2, 0.25) is 0 Å². The molecule has 0 aromatic heterocycles. The predicted octanol–water partition coefficient (Wildman–Crippen LogP) is 2.43. The van der Waals surface area contributed by atoms with Gasteiger partial charge in [0.05, 0.1) is 14.2 Å². The van der Waals surface area contributed by atoms with Crippen molar-refractivity contribution < 1.29 is 19.0 Å². The molecule has 0 spiro atoms. The molecule has 1 atom stereocenters. The highest BCUT2D eigenvalue weighted by molar-refractivity contribution is 5.78. The molecule has 2 rings (SSSR count). The maximum Gasteiger partial charge on any atom is 0.223 e. The highest BCUT2D eigenvalue weighted by Gasteiger charge is 2.25. The Labute approximate surface area is 138 Å². The van der Waals surface area contributed by atoms with Gasteiger partial charge in [-0.3, -0.25) is 4.79 Å².